The summed E-state index contributed by atoms with van der Waals surface area (Å²) in [6.07, 6.45) is 1.83. The molecular weight excluding hydrogens is 194 g/mol. The molecule has 16 heavy (non-hydrogen) atoms. The number of rotatable bonds is 1. The first kappa shape index (κ1) is 12.1. The highest BCUT2D eigenvalue weighted by molar-refractivity contribution is 5.46. The summed E-state index contributed by atoms with van der Waals surface area (Å²) < 4.78 is 0. The lowest BCUT2D eigenvalue weighted by atomic mass is 10.2. The second-order valence-electron chi connectivity index (χ2n) is 3.47. The summed E-state index contributed by atoms with van der Waals surface area (Å²) in [4.78, 5) is 0. The predicted octanol–water partition coefficient (Wildman–Crippen LogP) is 3.91. The Morgan fingerprint density at radius 3 is 1.88 bits per heavy atom. The fourth-order valence-corrected chi connectivity index (χ4v) is 1.18. The molecule has 2 N–H and O–H groups in total. The number of para-hydroxylation sites is 1. The van der Waals surface area contributed by atoms with Crippen molar-refractivity contribution in [1.82, 2.24) is 0 Å². The molecule has 0 saturated carbocycles. The molecule has 0 bridgehead atoms. The van der Waals surface area contributed by atoms with Gasteiger partial charge in [-0.15, -0.1) is 0 Å². The molecule has 0 aliphatic carbocycles. The molecule has 0 aromatic heterocycles. The van der Waals surface area contributed by atoms with Crippen molar-refractivity contribution in [3.8, 4) is 0 Å². The van der Waals surface area contributed by atoms with Crippen molar-refractivity contribution < 1.29 is 0 Å². The first-order valence-electron chi connectivity index (χ1n) is 5.22. The number of aryl methyl sites for hydroxylation is 1. The Kier molecular flexibility index (Phi) is 4.87. The molecule has 0 fully saturated rings. The van der Waals surface area contributed by atoms with E-state index in [0.717, 1.165) is 11.3 Å². The summed E-state index contributed by atoms with van der Waals surface area (Å²) in [6.45, 7) is 5.63. The van der Waals surface area contributed by atoms with Crippen LogP contribution in [0.15, 0.2) is 61.2 Å². The number of hydrogen-bond acceptors (Lipinski definition) is 1. The minimum absolute atomic E-state index is 0.868. The topological polar surface area (TPSA) is 26.0 Å². The van der Waals surface area contributed by atoms with E-state index in [1.54, 1.807) is 0 Å². The fourth-order valence-electron chi connectivity index (χ4n) is 1.18. The normalized spacial score (nSPS) is 8.81. The SMILES string of the molecule is C=Cc1ccccc1.Cc1ccccc1N. The third-order valence-electron chi connectivity index (χ3n) is 2.22. The number of anilines is 1. The number of nitrogens with two attached hydrogens (primary N) is 1. The summed E-state index contributed by atoms with van der Waals surface area (Å²) >= 11 is 0. The van der Waals surface area contributed by atoms with E-state index in [-0.39, 0.29) is 0 Å². The lowest BCUT2D eigenvalue weighted by Gasteiger charge is -1.93. The standard InChI is InChI=1S/C8H8.C7H9N/c1-2-8-6-4-3-5-7-8;1-6-4-2-3-5-7(6)8/h2-7H,1H2;2-5H,8H2,1H3. The van der Waals surface area contributed by atoms with E-state index in [0.29, 0.717) is 0 Å². The monoisotopic (exact) mass is 211 g/mol. The first-order valence-corrected chi connectivity index (χ1v) is 5.22. The van der Waals surface area contributed by atoms with E-state index in [9.17, 15) is 0 Å². The zero-order valence-electron chi connectivity index (χ0n) is 9.56. The van der Waals surface area contributed by atoms with Crippen molar-refractivity contribution in [2.75, 3.05) is 5.73 Å². The Balaban J connectivity index is 0.000000160. The van der Waals surface area contributed by atoms with Crippen LogP contribution < -0.4 is 5.73 Å². The summed E-state index contributed by atoms with van der Waals surface area (Å²) in [5.41, 5.74) is 8.71. The minimum atomic E-state index is 0.868. The minimum Gasteiger partial charge on any atom is -0.399 e. The van der Waals surface area contributed by atoms with Gasteiger partial charge in [-0.2, -0.15) is 0 Å². The van der Waals surface area contributed by atoms with Crippen LogP contribution in [0.5, 0.6) is 0 Å². The van der Waals surface area contributed by atoms with E-state index in [4.69, 9.17) is 5.73 Å². The van der Waals surface area contributed by atoms with Crippen LogP contribution in [0.4, 0.5) is 5.69 Å². The average molecular weight is 211 g/mol. The third-order valence-corrected chi connectivity index (χ3v) is 2.22. The molecule has 0 aliphatic heterocycles. The second kappa shape index (κ2) is 6.46. The zero-order chi connectivity index (χ0) is 11.8. The van der Waals surface area contributed by atoms with E-state index in [1.807, 2.05) is 67.6 Å². The Morgan fingerprint density at radius 2 is 1.50 bits per heavy atom. The van der Waals surface area contributed by atoms with Crippen LogP contribution in [0.3, 0.4) is 0 Å². The molecule has 0 amide bonds. The Bertz CT molecular complexity index is 411. The summed E-state index contributed by atoms with van der Waals surface area (Å²) in [6, 6.07) is 17.8. The van der Waals surface area contributed by atoms with Gasteiger partial charge in [0, 0.05) is 5.69 Å². The van der Waals surface area contributed by atoms with Crippen molar-refractivity contribution in [2.24, 2.45) is 0 Å². The number of benzene rings is 2. The molecular formula is C15H17N. The van der Waals surface area contributed by atoms with Gasteiger partial charge in [0.15, 0.2) is 0 Å². The molecule has 0 atom stereocenters. The lowest BCUT2D eigenvalue weighted by molar-refractivity contribution is 1.47. The highest BCUT2D eigenvalue weighted by Crippen LogP contribution is 2.06. The van der Waals surface area contributed by atoms with Gasteiger partial charge in [-0.05, 0) is 24.1 Å². The molecule has 1 heteroatoms. The maximum Gasteiger partial charge on any atom is 0.0343 e. The van der Waals surface area contributed by atoms with Gasteiger partial charge >= 0.3 is 0 Å². The molecule has 2 aromatic carbocycles. The van der Waals surface area contributed by atoms with Crippen LogP contribution in [0.25, 0.3) is 6.08 Å². The zero-order valence-corrected chi connectivity index (χ0v) is 9.56. The van der Waals surface area contributed by atoms with Crippen molar-refractivity contribution in [3.05, 3.63) is 72.3 Å². The molecule has 82 valence electrons. The average Bonchev–Trinajstić information content (AvgIpc) is 2.35. The fraction of sp³-hybridized carbons (Fsp3) is 0.0667. The van der Waals surface area contributed by atoms with Gasteiger partial charge in [0.2, 0.25) is 0 Å². The third kappa shape index (κ3) is 4.01. The van der Waals surface area contributed by atoms with Crippen LogP contribution in [0.2, 0.25) is 0 Å². The van der Waals surface area contributed by atoms with Crippen LogP contribution in [0, 0.1) is 6.92 Å². The van der Waals surface area contributed by atoms with Crippen LogP contribution in [-0.2, 0) is 0 Å². The van der Waals surface area contributed by atoms with E-state index in [2.05, 4.69) is 6.58 Å². The van der Waals surface area contributed by atoms with Gasteiger partial charge in [-0.1, -0.05) is 61.2 Å². The molecule has 0 aliphatic rings. The van der Waals surface area contributed by atoms with Gasteiger partial charge in [-0.3, -0.25) is 0 Å². The summed E-state index contributed by atoms with van der Waals surface area (Å²) in [7, 11) is 0. The molecule has 0 saturated heterocycles. The highest BCUT2D eigenvalue weighted by Gasteiger charge is 1.84. The molecule has 0 spiro atoms. The molecule has 0 radical (unpaired) electrons. The summed E-state index contributed by atoms with van der Waals surface area (Å²) in [5.74, 6) is 0. The number of hydrogen-bond donors (Lipinski definition) is 1. The van der Waals surface area contributed by atoms with Crippen molar-refractivity contribution in [2.45, 2.75) is 6.92 Å². The van der Waals surface area contributed by atoms with Crippen LogP contribution >= 0.6 is 0 Å². The highest BCUT2D eigenvalue weighted by atomic mass is 14.5. The van der Waals surface area contributed by atoms with Crippen LogP contribution in [-0.4, -0.2) is 0 Å². The van der Waals surface area contributed by atoms with Gasteiger partial charge in [0.1, 0.15) is 0 Å². The molecule has 0 unspecified atom stereocenters. The van der Waals surface area contributed by atoms with Crippen molar-refractivity contribution in [3.63, 3.8) is 0 Å². The molecule has 2 rings (SSSR count). The smallest absolute Gasteiger partial charge is 0.0343 e. The maximum absolute atomic E-state index is 5.52. The predicted molar refractivity (Wildman–Crippen MR) is 72.1 cm³/mol. The Morgan fingerprint density at radius 1 is 0.938 bits per heavy atom. The van der Waals surface area contributed by atoms with Gasteiger partial charge < -0.3 is 5.73 Å². The molecule has 2 aromatic rings. The first-order chi connectivity index (χ1) is 7.74. The Hall–Kier alpha value is -2.02. The van der Waals surface area contributed by atoms with Crippen molar-refractivity contribution in [1.29, 1.82) is 0 Å². The quantitative estimate of drug-likeness (QED) is 0.711. The molecule has 1 nitrogen and oxygen atoms in total. The largest absolute Gasteiger partial charge is 0.399 e. The van der Waals surface area contributed by atoms with Gasteiger partial charge in [0.05, 0.1) is 0 Å². The van der Waals surface area contributed by atoms with Gasteiger partial charge in [-0.25, -0.2) is 0 Å². The van der Waals surface area contributed by atoms with E-state index in [1.165, 1.54) is 5.56 Å². The van der Waals surface area contributed by atoms with Crippen LogP contribution in [0.1, 0.15) is 11.1 Å². The second-order valence-corrected chi connectivity index (χ2v) is 3.47. The number of nitrogen functional groups attached to an aromatic ring is 1. The summed E-state index contributed by atoms with van der Waals surface area (Å²) in [5, 5.41) is 0. The lowest BCUT2D eigenvalue weighted by Crippen LogP contribution is -1.85. The van der Waals surface area contributed by atoms with E-state index < -0.39 is 0 Å². The maximum atomic E-state index is 5.52. The van der Waals surface area contributed by atoms with Crippen molar-refractivity contribution >= 4 is 11.8 Å². The van der Waals surface area contributed by atoms with Gasteiger partial charge in [0.25, 0.3) is 0 Å². The van der Waals surface area contributed by atoms with E-state index >= 15 is 0 Å². The molecule has 0 heterocycles. The Labute approximate surface area is 97.2 Å².